The van der Waals surface area contributed by atoms with E-state index in [9.17, 15) is 14.7 Å². The van der Waals surface area contributed by atoms with Gasteiger partial charge in [-0.15, -0.1) is 0 Å². The molecule has 6 heteroatoms. The lowest BCUT2D eigenvalue weighted by atomic mass is 9.78. The Balaban J connectivity index is 1.49. The van der Waals surface area contributed by atoms with Crippen LogP contribution in [0.2, 0.25) is 0 Å². The van der Waals surface area contributed by atoms with Gasteiger partial charge in [0.05, 0.1) is 18.2 Å². The summed E-state index contributed by atoms with van der Waals surface area (Å²) >= 11 is 0. The van der Waals surface area contributed by atoms with Gasteiger partial charge in [0, 0.05) is 25.5 Å². The molecule has 0 aliphatic heterocycles. The number of carbonyl (C=O) groups is 2. The monoisotopic (exact) mass is 291 g/mol. The summed E-state index contributed by atoms with van der Waals surface area (Å²) in [7, 11) is 0. The van der Waals surface area contributed by atoms with Crippen LogP contribution in [0.4, 0.5) is 0 Å². The number of hydrogen-bond donors (Lipinski definition) is 2. The number of nitrogens with zero attached hydrogens (tertiary/aromatic N) is 2. The third-order valence-electron chi connectivity index (χ3n) is 4.96. The second-order valence-corrected chi connectivity index (χ2v) is 6.17. The molecule has 1 aromatic rings. The Hall–Kier alpha value is -1.85. The first-order valence-electron chi connectivity index (χ1n) is 7.63. The van der Waals surface area contributed by atoms with E-state index in [0.717, 1.165) is 32.2 Å². The molecule has 2 saturated carbocycles. The maximum absolute atomic E-state index is 12.3. The molecule has 0 radical (unpaired) electrons. The quantitative estimate of drug-likeness (QED) is 0.770. The Morgan fingerprint density at radius 3 is 2.71 bits per heavy atom. The topological polar surface area (TPSA) is 84.2 Å². The van der Waals surface area contributed by atoms with Gasteiger partial charge in [-0.25, -0.2) is 4.98 Å². The second kappa shape index (κ2) is 5.87. The highest BCUT2D eigenvalue weighted by molar-refractivity contribution is 5.86. The average molecular weight is 291 g/mol. The summed E-state index contributed by atoms with van der Waals surface area (Å²) in [6.45, 7) is 1.39. The molecule has 2 N–H and O–H groups in total. The van der Waals surface area contributed by atoms with Crippen molar-refractivity contribution in [3.05, 3.63) is 18.7 Å². The Morgan fingerprint density at radius 1 is 1.29 bits per heavy atom. The van der Waals surface area contributed by atoms with Crippen molar-refractivity contribution < 1.29 is 14.7 Å². The van der Waals surface area contributed by atoms with Crippen LogP contribution in [-0.4, -0.2) is 33.1 Å². The number of carbonyl (C=O) groups excluding carboxylic acids is 1. The number of aliphatic carboxylic acids is 1. The van der Waals surface area contributed by atoms with E-state index in [4.69, 9.17) is 0 Å². The van der Waals surface area contributed by atoms with Crippen LogP contribution in [0.25, 0.3) is 0 Å². The van der Waals surface area contributed by atoms with Gasteiger partial charge in [0.15, 0.2) is 0 Å². The maximum Gasteiger partial charge on any atom is 0.307 e. The number of carboxylic acid groups (broad SMARTS) is 1. The SMILES string of the molecule is O=C(O)[C@@H]1[C@@H]2CC[C@@H](C2)[C@@H]1C(=O)NCCCn1ccnc1. The number of imidazole rings is 1. The van der Waals surface area contributed by atoms with Crippen LogP contribution in [-0.2, 0) is 16.1 Å². The molecule has 0 saturated heterocycles. The molecule has 0 spiro atoms. The van der Waals surface area contributed by atoms with Crippen LogP contribution in [0.15, 0.2) is 18.7 Å². The molecule has 21 heavy (non-hydrogen) atoms. The Labute approximate surface area is 123 Å². The highest BCUT2D eigenvalue weighted by atomic mass is 16.4. The summed E-state index contributed by atoms with van der Waals surface area (Å²) in [5.74, 6) is -1.20. The van der Waals surface area contributed by atoms with Gasteiger partial charge in [0.1, 0.15) is 0 Å². The first kappa shape index (κ1) is 14.1. The highest BCUT2D eigenvalue weighted by Crippen LogP contribution is 2.52. The number of fused-ring (bicyclic) bond motifs is 2. The summed E-state index contributed by atoms with van der Waals surface area (Å²) in [5.41, 5.74) is 0. The first-order chi connectivity index (χ1) is 10.2. The van der Waals surface area contributed by atoms with Crippen LogP contribution in [0.5, 0.6) is 0 Å². The van der Waals surface area contributed by atoms with Crippen LogP contribution < -0.4 is 5.32 Å². The standard InChI is InChI=1S/C15H21N3O3/c19-14(17-4-1-6-18-7-5-16-9-18)12-10-2-3-11(8-10)13(12)15(20)21/h5,7,9-13H,1-4,6,8H2,(H,17,19)(H,20,21)/t10-,11+,12-,13+/m0/s1. The molecule has 0 unspecified atom stereocenters. The third-order valence-corrected chi connectivity index (χ3v) is 4.96. The largest absolute Gasteiger partial charge is 0.481 e. The number of aryl methyl sites for hydroxylation is 1. The Kier molecular flexibility index (Phi) is 3.94. The molecule has 2 aliphatic carbocycles. The lowest BCUT2D eigenvalue weighted by Crippen LogP contribution is -2.41. The van der Waals surface area contributed by atoms with Crippen molar-refractivity contribution >= 4 is 11.9 Å². The van der Waals surface area contributed by atoms with E-state index < -0.39 is 11.9 Å². The zero-order valence-corrected chi connectivity index (χ0v) is 11.9. The van der Waals surface area contributed by atoms with Crippen molar-refractivity contribution in [1.82, 2.24) is 14.9 Å². The number of amides is 1. The number of aromatic nitrogens is 2. The normalized spacial score (nSPS) is 30.5. The summed E-state index contributed by atoms with van der Waals surface area (Å²) in [4.78, 5) is 27.7. The molecule has 1 heterocycles. The third kappa shape index (κ3) is 2.80. The fraction of sp³-hybridized carbons (Fsp3) is 0.667. The van der Waals surface area contributed by atoms with Crippen molar-refractivity contribution in [2.45, 2.75) is 32.2 Å². The predicted octanol–water partition coefficient (Wildman–Crippen LogP) is 1.14. The van der Waals surface area contributed by atoms with Gasteiger partial charge in [-0.2, -0.15) is 0 Å². The fourth-order valence-corrected chi connectivity index (χ4v) is 4.03. The average Bonchev–Trinajstić information content (AvgIpc) is 3.18. The second-order valence-electron chi connectivity index (χ2n) is 6.17. The van der Waals surface area contributed by atoms with E-state index in [0.29, 0.717) is 6.54 Å². The molecule has 114 valence electrons. The van der Waals surface area contributed by atoms with Crippen molar-refractivity contribution in [1.29, 1.82) is 0 Å². The van der Waals surface area contributed by atoms with Crippen molar-refractivity contribution in [2.24, 2.45) is 23.7 Å². The molecule has 2 bridgehead atoms. The van der Waals surface area contributed by atoms with E-state index in [1.54, 1.807) is 12.5 Å². The van der Waals surface area contributed by atoms with E-state index in [2.05, 4.69) is 10.3 Å². The molecule has 1 aromatic heterocycles. The molecule has 3 rings (SSSR count). The summed E-state index contributed by atoms with van der Waals surface area (Å²) in [6, 6.07) is 0. The predicted molar refractivity (Wildman–Crippen MR) is 75.3 cm³/mol. The fourth-order valence-electron chi connectivity index (χ4n) is 4.03. The molecular formula is C15H21N3O3. The maximum atomic E-state index is 12.3. The molecule has 2 fully saturated rings. The van der Waals surface area contributed by atoms with Gasteiger partial charge < -0.3 is 15.0 Å². The number of carboxylic acids is 1. The Bertz CT molecular complexity index is 514. The van der Waals surface area contributed by atoms with Gasteiger partial charge in [-0.05, 0) is 37.5 Å². The van der Waals surface area contributed by atoms with Crippen molar-refractivity contribution in [3.8, 4) is 0 Å². The van der Waals surface area contributed by atoms with Crippen LogP contribution >= 0.6 is 0 Å². The lowest BCUT2D eigenvalue weighted by molar-refractivity contribution is -0.149. The van der Waals surface area contributed by atoms with Gasteiger partial charge >= 0.3 is 5.97 Å². The van der Waals surface area contributed by atoms with Gasteiger partial charge in [0.2, 0.25) is 5.91 Å². The minimum absolute atomic E-state index is 0.0692. The molecule has 2 aliphatic rings. The highest BCUT2D eigenvalue weighted by Gasteiger charge is 2.53. The van der Waals surface area contributed by atoms with Crippen molar-refractivity contribution in [3.63, 3.8) is 0 Å². The van der Waals surface area contributed by atoms with E-state index in [1.165, 1.54) is 0 Å². The summed E-state index contributed by atoms with van der Waals surface area (Å²) in [6.07, 6.45) is 9.06. The van der Waals surface area contributed by atoms with Crippen LogP contribution in [0.3, 0.4) is 0 Å². The minimum atomic E-state index is -0.805. The zero-order valence-electron chi connectivity index (χ0n) is 11.9. The first-order valence-corrected chi connectivity index (χ1v) is 7.63. The van der Waals surface area contributed by atoms with Crippen molar-refractivity contribution in [2.75, 3.05) is 6.54 Å². The lowest BCUT2D eigenvalue weighted by Gasteiger charge is -2.27. The smallest absolute Gasteiger partial charge is 0.307 e. The molecule has 4 atom stereocenters. The number of nitrogens with one attached hydrogen (secondary N) is 1. The minimum Gasteiger partial charge on any atom is -0.481 e. The van der Waals surface area contributed by atoms with E-state index in [-0.39, 0.29) is 23.7 Å². The number of hydrogen-bond acceptors (Lipinski definition) is 3. The molecular weight excluding hydrogens is 270 g/mol. The number of rotatable bonds is 6. The molecule has 6 nitrogen and oxygen atoms in total. The van der Waals surface area contributed by atoms with Gasteiger partial charge in [-0.3, -0.25) is 9.59 Å². The van der Waals surface area contributed by atoms with Gasteiger partial charge in [-0.1, -0.05) is 0 Å². The van der Waals surface area contributed by atoms with Crippen LogP contribution in [0.1, 0.15) is 25.7 Å². The Morgan fingerprint density at radius 2 is 2.05 bits per heavy atom. The van der Waals surface area contributed by atoms with Gasteiger partial charge in [0.25, 0.3) is 0 Å². The van der Waals surface area contributed by atoms with Crippen LogP contribution in [0, 0.1) is 23.7 Å². The zero-order chi connectivity index (χ0) is 14.8. The molecule has 0 aromatic carbocycles. The summed E-state index contributed by atoms with van der Waals surface area (Å²) in [5, 5.41) is 12.3. The molecule has 1 amide bonds. The summed E-state index contributed by atoms with van der Waals surface area (Å²) < 4.78 is 1.96. The van der Waals surface area contributed by atoms with E-state index in [1.807, 2.05) is 10.8 Å². The van der Waals surface area contributed by atoms with E-state index >= 15 is 0 Å².